The third-order valence-corrected chi connectivity index (χ3v) is 4.23. The minimum atomic E-state index is 0.558. The van der Waals surface area contributed by atoms with Crippen molar-refractivity contribution in [2.45, 2.75) is 57.9 Å². The molecule has 2 nitrogen and oxygen atoms in total. The van der Waals surface area contributed by atoms with E-state index in [1.54, 1.807) is 0 Å². The zero-order valence-corrected chi connectivity index (χ0v) is 10.1. The van der Waals surface area contributed by atoms with Crippen molar-refractivity contribution in [3.05, 3.63) is 0 Å². The molecular weight excluding hydrogens is 184 g/mol. The van der Waals surface area contributed by atoms with Gasteiger partial charge in [0.05, 0.1) is 0 Å². The van der Waals surface area contributed by atoms with E-state index >= 15 is 0 Å². The van der Waals surface area contributed by atoms with Gasteiger partial charge in [-0.15, -0.1) is 0 Å². The largest absolute Gasteiger partial charge is 0.317 e. The van der Waals surface area contributed by atoms with Gasteiger partial charge in [0.2, 0.25) is 0 Å². The maximum absolute atomic E-state index is 3.80. The molecule has 2 rings (SSSR count). The van der Waals surface area contributed by atoms with Gasteiger partial charge in [-0.05, 0) is 44.2 Å². The summed E-state index contributed by atoms with van der Waals surface area (Å²) < 4.78 is 0. The zero-order valence-electron chi connectivity index (χ0n) is 10.1. The summed E-state index contributed by atoms with van der Waals surface area (Å²) >= 11 is 0. The summed E-state index contributed by atoms with van der Waals surface area (Å²) in [4.78, 5) is 0. The van der Waals surface area contributed by atoms with Crippen molar-refractivity contribution in [3.8, 4) is 0 Å². The minimum absolute atomic E-state index is 0.558. The summed E-state index contributed by atoms with van der Waals surface area (Å²) in [6.07, 6.45) is 9.84. The van der Waals surface area contributed by atoms with Crippen LogP contribution in [-0.2, 0) is 0 Å². The summed E-state index contributed by atoms with van der Waals surface area (Å²) in [5, 5.41) is 7.25. The monoisotopic (exact) mass is 210 g/mol. The number of hydrogen-bond donors (Lipinski definition) is 2. The van der Waals surface area contributed by atoms with E-state index in [9.17, 15) is 0 Å². The molecule has 15 heavy (non-hydrogen) atoms. The number of hydrogen-bond acceptors (Lipinski definition) is 2. The average molecular weight is 210 g/mol. The van der Waals surface area contributed by atoms with Crippen molar-refractivity contribution in [1.29, 1.82) is 0 Å². The Morgan fingerprint density at radius 2 is 1.80 bits per heavy atom. The number of rotatable bonds is 3. The molecule has 1 heterocycles. The van der Waals surface area contributed by atoms with Crippen LogP contribution in [0.5, 0.6) is 0 Å². The lowest BCUT2D eigenvalue weighted by atomic mass is 9.80. The van der Waals surface area contributed by atoms with E-state index in [-0.39, 0.29) is 0 Å². The predicted octanol–water partition coefficient (Wildman–Crippen LogP) is 2.30. The molecule has 0 bridgehead atoms. The van der Waals surface area contributed by atoms with Crippen molar-refractivity contribution in [2.24, 2.45) is 5.41 Å². The number of piperidine rings is 1. The summed E-state index contributed by atoms with van der Waals surface area (Å²) in [5.74, 6) is 0. The predicted molar refractivity (Wildman–Crippen MR) is 65.1 cm³/mol. The van der Waals surface area contributed by atoms with E-state index in [0.29, 0.717) is 5.41 Å². The third-order valence-electron chi connectivity index (χ3n) is 4.23. The van der Waals surface area contributed by atoms with E-state index in [0.717, 1.165) is 6.04 Å². The Labute approximate surface area is 94.2 Å². The van der Waals surface area contributed by atoms with Crippen LogP contribution in [-0.4, -0.2) is 25.7 Å². The summed E-state index contributed by atoms with van der Waals surface area (Å²) in [6, 6.07) is 0.825. The molecule has 2 fully saturated rings. The first kappa shape index (κ1) is 11.4. The van der Waals surface area contributed by atoms with Gasteiger partial charge in [-0.3, -0.25) is 0 Å². The van der Waals surface area contributed by atoms with Crippen LogP contribution in [0.4, 0.5) is 0 Å². The normalized spacial score (nSPS) is 27.8. The Kier molecular flexibility index (Phi) is 4.04. The van der Waals surface area contributed by atoms with Crippen LogP contribution in [0.1, 0.15) is 51.9 Å². The summed E-state index contributed by atoms with van der Waals surface area (Å²) in [7, 11) is 0. The molecule has 0 aromatic rings. The van der Waals surface area contributed by atoms with Crippen molar-refractivity contribution >= 4 is 0 Å². The van der Waals surface area contributed by atoms with Gasteiger partial charge in [0.25, 0.3) is 0 Å². The first-order valence-electron chi connectivity index (χ1n) is 6.73. The SMILES string of the molecule is CC1(CNC2CCCCC2)CCNCC1. The van der Waals surface area contributed by atoms with Gasteiger partial charge in [-0.2, -0.15) is 0 Å². The summed E-state index contributed by atoms with van der Waals surface area (Å²) in [6.45, 7) is 6.11. The van der Waals surface area contributed by atoms with Crippen LogP contribution in [0.3, 0.4) is 0 Å². The highest BCUT2D eigenvalue weighted by Gasteiger charge is 2.27. The molecule has 1 aliphatic heterocycles. The van der Waals surface area contributed by atoms with Crippen LogP contribution in [0.2, 0.25) is 0 Å². The first-order valence-corrected chi connectivity index (χ1v) is 6.73. The molecule has 0 aromatic heterocycles. The van der Waals surface area contributed by atoms with E-state index < -0.39 is 0 Å². The van der Waals surface area contributed by atoms with Gasteiger partial charge < -0.3 is 10.6 Å². The van der Waals surface area contributed by atoms with E-state index in [2.05, 4.69) is 17.6 Å². The van der Waals surface area contributed by atoms with Crippen LogP contribution >= 0.6 is 0 Å². The van der Waals surface area contributed by atoms with Crippen LogP contribution in [0.25, 0.3) is 0 Å². The molecule has 1 saturated carbocycles. The lowest BCUT2D eigenvalue weighted by molar-refractivity contribution is 0.203. The maximum atomic E-state index is 3.80. The molecule has 2 aliphatic rings. The van der Waals surface area contributed by atoms with E-state index in [1.165, 1.54) is 64.6 Å². The molecule has 0 amide bonds. The molecule has 2 heteroatoms. The van der Waals surface area contributed by atoms with Crippen molar-refractivity contribution in [3.63, 3.8) is 0 Å². The van der Waals surface area contributed by atoms with E-state index in [1.807, 2.05) is 0 Å². The Bertz CT molecular complexity index is 179. The van der Waals surface area contributed by atoms with Crippen molar-refractivity contribution in [1.82, 2.24) is 10.6 Å². The van der Waals surface area contributed by atoms with Crippen LogP contribution in [0.15, 0.2) is 0 Å². The second kappa shape index (κ2) is 5.31. The molecule has 1 aliphatic carbocycles. The van der Waals surface area contributed by atoms with Crippen molar-refractivity contribution in [2.75, 3.05) is 19.6 Å². The van der Waals surface area contributed by atoms with Gasteiger partial charge in [0, 0.05) is 12.6 Å². The molecule has 0 spiro atoms. The van der Waals surface area contributed by atoms with E-state index in [4.69, 9.17) is 0 Å². The molecule has 88 valence electrons. The van der Waals surface area contributed by atoms with Gasteiger partial charge >= 0.3 is 0 Å². The molecule has 0 atom stereocenters. The zero-order chi connectivity index (χ0) is 10.6. The highest BCUT2D eigenvalue weighted by Crippen LogP contribution is 2.27. The third kappa shape index (κ3) is 3.46. The quantitative estimate of drug-likeness (QED) is 0.747. The Morgan fingerprint density at radius 1 is 1.13 bits per heavy atom. The second-order valence-corrected chi connectivity index (χ2v) is 5.78. The van der Waals surface area contributed by atoms with Gasteiger partial charge in [0.15, 0.2) is 0 Å². The molecule has 0 radical (unpaired) electrons. The molecular formula is C13H26N2. The van der Waals surface area contributed by atoms with Crippen LogP contribution < -0.4 is 10.6 Å². The number of nitrogens with one attached hydrogen (secondary N) is 2. The van der Waals surface area contributed by atoms with Crippen molar-refractivity contribution < 1.29 is 0 Å². The topological polar surface area (TPSA) is 24.1 Å². The Hall–Kier alpha value is -0.0800. The van der Waals surface area contributed by atoms with Gasteiger partial charge in [-0.1, -0.05) is 26.2 Å². The second-order valence-electron chi connectivity index (χ2n) is 5.78. The molecule has 0 unspecified atom stereocenters. The smallest absolute Gasteiger partial charge is 0.00672 e. The van der Waals surface area contributed by atoms with Gasteiger partial charge in [0.1, 0.15) is 0 Å². The highest BCUT2D eigenvalue weighted by molar-refractivity contribution is 4.84. The fraction of sp³-hybridized carbons (Fsp3) is 1.00. The molecule has 0 aromatic carbocycles. The Balaban J connectivity index is 1.70. The fourth-order valence-electron chi connectivity index (χ4n) is 2.90. The standard InChI is InChI=1S/C13H26N2/c1-13(7-9-14-10-8-13)11-15-12-5-3-2-4-6-12/h12,14-15H,2-11H2,1H3. The lowest BCUT2D eigenvalue weighted by Gasteiger charge is -2.36. The maximum Gasteiger partial charge on any atom is 0.00672 e. The highest BCUT2D eigenvalue weighted by atomic mass is 14.9. The first-order chi connectivity index (χ1) is 7.29. The fourth-order valence-corrected chi connectivity index (χ4v) is 2.90. The average Bonchev–Trinajstić information content (AvgIpc) is 2.29. The van der Waals surface area contributed by atoms with Gasteiger partial charge in [-0.25, -0.2) is 0 Å². The molecule has 2 N–H and O–H groups in total. The summed E-state index contributed by atoms with van der Waals surface area (Å²) in [5.41, 5.74) is 0.558. The lowest BCUT2D eigenvalue weighted by Crippen LogP contribution is -2.44. The Morgan fingerprint density at radius 3 is 2.47 bits per heavy atom. The molecule has 1 saturated heterocycles. The van der Waals surface area contributed by atoms with Crippen LogP contribution in [0, 0.1) is 5.41 Å². The minimum Gasteiger partial charge on any atom is -0.317 e.